The molecule has 0 spiro atoms. The van der Waals surface area contributed by atoms with Crippen LogP contribution in [0.4, 0.5) is 0 Å². The SMILES string of the molecule is CC1(C)CC[C@]2(C(=O)O)CC[C@]3(C)C(=CC[C@@H]4[C@@]5(C)CC[C@H](O[C@@H]6OC[C@H](O)[C@H](O)[C@H]6O)C(C)(CO)C5CC[C@]43C)[C@H]2C1. The standard InChI is InChI=1S/C35H56O8/c1-30(2)13-15-35(29(40)41)16-14-33(5)20(21(35)17-30)7-8-24-31(3)11-10-25(43-28-27(39)26(38)22(37)18-42-28)32(4,19-36)23(31)9-12-34(24,33)6/h7,21-28,36-39H,8-19H2,1-6H3,(H,40,41)/t21-,22+,23?,24-,25+,26+,27-,28+,31+,32?,33-,34-,35+/m1/s1. The smallest absolute Gasteiger partial charge is 0.310 e. The normalized spacial score (nSPS) is 54.3. The van der Waals surface area contributed by atoms with Gasteiger partial charge in [0.2, 0.25) is 0 Å². The van der Waals surface area contributed by atoms with E-state index in [0.29, 0.717) is 12.3 Å². The Labute approximate surface area is 257 Å². The summed E-state index contributed by atoms with van der Waals surface area (Å²) in [5.41, 5.74) is 0.232. The van der Waals surface area contributed by atoms with Crippen LogP contribution in [0.15, 0.2) is 11.6 Å². The Hall–Kier alpha value is -1.03. The number of ether oxygens (including phenoxy) is 2. The lowest BCUT2D eigenvalue weighted by Crippen LogP contribution is -2.66. The Morgan fingerprint density at radius 3 is 2.30 bits per heavy atom. The van der Waals surface area contributed by atoms with Gasteiger partial charge in [-0.1, -0.05) is 53.2 Å². The summed E-state index contributed by atoms with van der Waals surface area (Å²) in [5, 5.41) is 52.3. The number of aliphatic hydroxyl groups is 4. The predicted octanol–water partition coefficient (Wildman–Crippen LogP) is 4.67. The third-order valence-electron chi connectivity index (χ3n) is 14.9. The number of carboxylic acid groups (broad SMARTS) is 1. The van der Waals surface area contributed by atoms with E-state index in [4.69, 9.17) is 9.47 Å². The lowest BCUT2D eigenvalue weighted by atomic mass is 9.33. The van der Waals surface area contributed by atoms with E-state index < -0.39 is 41.4 Å². The first-order valence-electron chi connectivity index (χ1n) is 16.9. The van der Waals surface area contributed by atoms with Crippen molar-refractivity contribution in [3.8, 4) is 0 Å². The molecule has 0 amide bonds. The van der Waals surface area contributed by atoms with Crippen molar-refractivity contribution in [2.75, 3.05) is 13.2 Å². The van der Waals surface area contributed by atoms with Crippen molar-refractivity contribution in [3.05, 3.63) is 11.6 Å². The Bertz CT molecular complexity index is 1150. The van der Waals surface area contributed by atoms with Crippen LogP contribution in [0.1, 0.15) is 106 Å². The van der Waals surface area contributed by atoms with Gasteiger partial charge in [-0.3, -0.25) is 4.79 Å². The maximum absolute atomic E-state index is 12.9. The van der Waals surface area contributed by atoms with Gasteiger partial charge >= 0.3 is 5.97 Å². The van der Waals surface area contributed by atoms with Crippen molar-refractivity contribution >= 4 is 5.97 Å². The molecule has 2 unspecified atom stereocenters. The van der Waals surface area contributed by atoms with Crippen molar-refractivity contribution in [2.24, 2.45) is 50.2 Å². The fraction of sp³-hybridized carbons (Fsp3) is 0.914. The molecule has 6 rings (SSSR count). The van der Waals surface area contributed by atoms with Gasteiger partial charge in [-0.05, 0) is 104 Å². The zero-order valence-electron chi connectivity index (χ0n) is 27.1. The van der Waals surface area contributed by atoms with Gasteiger partial charge in [0.15, 0.2) is 6.29 Å². The summed E-state index contributed by atoms with van der Waals surface area (Å²) in [6.07, 6.45) is 6.03. The Kier molecular flexibility index (Phi) is 7.60. The molecule has 5 N–H and O–H groups in total. The van der Waals surface area contributed by atoms with Crippen molar-refractivity contribution in [1.82, 2.24) is 0 Å². The van der Waals surface area contributed by atoms with Gasteiger partial charge in [0.05, 0.1) is 24.7 Å². The zero-order chi connectivity index (χ0) is 31.4. The number of aliphatic hydroxyl groups excluding tert-OH is 4. The average Bonchev–Trinajstić information content (AvgIpc) is 2.94. The lowest BCUT2D eigenvalue weighted by molar-refractivity contribution is -0.312. The number of allylic oxidation sites excluding steroid dienone is 2. The summed E-state index contributed by atoms with van der Waals surface area (Å²) in [6, 6.07) is 0. The number of aliphatic carboxylic acids is 1. The molecular weight excluding hydrogens is 548 g/mol. The molecule has 43 heavy (non-hydrogen) atoms. The quantitative estimate of drug-likeness (QED) is 0.231. The van der Waals surface area contributed by atoms with Gasteiger partial charge in [-0.15, -0.1) is 0 Å². The molecule has 1 heterocycles. The molecule has 0 aromatic rings. The number of hydrogen-bond acceptors (Lipinski definition) is 7. The summed E-state index contributed by atoms with van der Waals surface area (Å²) < 4.78 is 12.0. The third kappa shape index (κ3) is 4.32. The molecule has 1 saturated heterocycles. The maximum atomic E-state index is 12.9. The van der Waals surface area contributed by atoms with Crippen molar-refractivity contribution in [2.45, 2.75) is 136 Å². The molecule has 0 aromatic heterocycles. The summed E-state index contributed by atoms with van der Waals surface area (Å²) in [6.45, 7) is 13.9. The zero-order valence-corrected chi connectivity index (χ0v) is 27.1. The predicted molar refractivity (Wildman–Crippen MR) is 161 cm³/mol. The molecular formula is C35H56O8. The lowest BCUT2D eigenvalue weighted by Gasteiger charge is -2.71. The molecule has 6 aliphatic rings. The van der Waals surface area contributed by atoms with Crippen LogP contribution in [0.5, 0.6) is 0 Å². The molecule has 8 nitrogen and oxygen atoms in total. The number of hydrogen-bond donors (Lipinski definition) is 5. The van der Waals surface area contributed by atoms with E-state index in [1.165, 1.54) is 5.57 Å². The van der Waals surface area contributed by atoms with Gasteiger partial charge in [-0.25, -0.2) is 0 Å². The molecule has 13 atom stereocenters. The van der Waals surface area contributed by atoms with Crippen molar-refractivity contribution in [1.29, 1.82) is 0 Å². The molecule has 0 bridgehead atoms. The summed E-state index contributed by atoms with van der Waals surface area (Å²) in [4.78, 5) is 12.9. The first-order chi connectivity index (χ1) is 20.0. The molecule has 4 saturated carbocycles. The van der Waals surface area contributed by atoms with E-state index in [1.54, 1.807) is 0 Å². The second kappa shape index (κ2) is 10.2. The first kappa shape index (κ1) is 31.9. The topological polar surface area (TPSA) is 137 Å². The number of fused-ring (bicyclic) bond motifs is 7. The van der Waals surface area contributed by atoms with Crippen molar-refractivity contribution < 1.29 is 39.8 Å². The van der Waals surface area contributed by atoms with E-state index in [2.05, 4.69) is 47.6 Å². The van der Waals surface area contributed by atoms with Crippen LogP contribution in [0.2, 0.25) is 0 Å². The Morgan fingerprint density at radius 1 is 0.930 bits per heavy atom. The van der Waals surface area contributed by atoms with Crippen LogP contribution in [-0.4, -0.2) is 75.4 Å². The van der Waals surface area contributed by atoms with Crippen LogP contribution in [0, 0.1) is 50.2 Å². The van der Waals surface area contributed by atoms with Crippen LogP contribution in [0.3, 0.4) is 0 Å². The highest BCUT2D eigenvalue weighted by Crippen LogP contribution is 2.76. The van der Waals surface area contributed by atoms with Crippen LogP contribution in [-0.2, 0) is 14.3 Å². The highest BCUT2D eigenvalue weighted by atomic mass is 16.7. The minimum Gasteiger partial charge on any atom is -0.481 e. The Balaban J connectivity index is 1.32. The molecule has 0 radical (unpaired) electrons. The van der Waals surface area contributed by atoms with E-state index in [1.807, 2.05) is 0 Å². The largest absolute Gasteiger partial charge is 0.481 e. The average molecular weight is 605 g/mol. The number of rotatable bonds is 4. The van der Waals surface area contributed by atoms with Crippen LogP contribution in [0.25, 0.3) is 0 Å². The molecule has 244 valence electrons. The summed E-state index contributed by atoms with van der Waals surface area (Å²) >= 11 is 0. The minimum atomic E-state index is -1.36. The molecule has 8 heteroatoms. The van der Waals surface area contributed by atoms with E-state index in [0.717, 1.165) is 57.8 Å². The number of carbonyl (C=O) groups is 1. The second-order valence-electron chi connectivity index (χ2n) is 17.3. The number of carboxylic acids is 1. The van der Waals surface area contributed by atoms with E-state index >= 15 is 0 Å². The highest BCUT2D eigenvalue weighted by molar-refractivity contribution is 5.76. The van der Waals surface area contributed by atoms with Gasteiger partial charge < -0.3 is 35.0 Å². The highest BCUT2D eigenvalue weighted by Gasteiger charge is 2.70. The van der Waals surface area contributed by atoms with Crippen molar-refractivity contribution in [3.63, 3.8) is 0 Å². The van der Waals surface area contributed by atoms with Gasteiger partial charge in [0.25, 0.3) is 0 Å². The Morgan fingerprint density at radius 2 is 1.63 bits per heavy atom. The van der Waals surface area contributed by atoms with Gasteiger partial charge in [-0.2, -0.15) is 0 Å². The van der Waals surface area contributed by atoms with Gasteiger partial charge in [0.1, 0.15) is 18.3 Å². The fourth-order valence-electron chi connectivity index (χ4n) is 11.9. The molecule has 1 aliphatic heterocycles. The summed E-state index contributed by atoms with van der Waals surface area (Å²) in [5.74, 6) is 0.0529. The maximum Gasteiger partial charge on any atom is 0.310 e. The second-order valence-corrected chi connectivity index (χ2v) is 17.3. The monoisotopic (exact) mass is 604 g/mol. The van der Waals surface area contributed by atoms with Gasteiger partial charge in [0, 0.05) is 5.41 Å². The summed E-state index contributed by atoms with van der Waals surface area (Å²) in [7, 11) is 0. The third-order valence-corrected chi connectivity index (χ3v) is 14.9. The van der Waals surface area contributed by atoms with Crippen LogP contribution >= 0.6 is 0 Å². The molecule has 5 fully saturated rings. The molecule has 0 aromatic carbocycles. The van der Waals surface area contributed by atoms with E-state index in [9.17, 15) is 30.3 Å². The minimum absolute atomic E-state index is 0.0154. The fourth-order valence-corrected chi connectivity index (χ4v) is 11.9. The molecule has 5 aliphatic carbocycles. The first-order valence-corrected chi connectivity index (χ1v) is 16.9. The van der Waals surface area contributed by atoms with E-state index in [-0.39, 0.29) is 52.8 Å². The van der Waals surface area contributed by atoms with Crippen LogP contribution < -0.4 is 0 Å².